The molecular weight excluding hydrogens is 280 g/mol. The number of esters is 1. The van der Waals surface area contributed by atoms with Gasteiger partial charge in [0, 0.05) is 18.6 Å². The molecule has 0 heterocycles. The van der Waals surface area contributed by atoms with Gasteiger partial charge in [-0.2, -0.15) is 0 Å². The van der Waals surface area contributed by atoms with Gasteiger partial charge in [0.05, 0.1) is 11.7 Å². The quantitative estimate of drug-likeness (QED) is 0.605. The highest BCUT2D eigenvalue weighted by molar-refractivity contribution is 5.87. The van der Waals surface area contributed by atoms with Gasteiger partial charge in [-0.25, -0.2) is 4.79 Å². The molecule has 3 unspecified atom stereocenters. The van der Waals surface area contributed by atoms with Crippen LogP contribution in [0.25, 0.3) is 0 Å². The van der Waals surface area contributed by atoms with Crippen LogP contribution < -0.4 is 0 Å². The van der Waals surface area contributed by atoms with Crippen molar-refractivity contribution in [1.29, 1.82) is 0 Å². The molecule has 3 atom stereocenters. The number of aliphatic hydroxyl groups is 1. The van der Waals surface area contributed by atoms with Gasteiger partial charge in [-0.1, -0.05) is 6.58 Å². The van der Waals surface area contributed by atoms with Crippen LogP contribution in [0.3, 0.4) is 0 Å². The van der Waals surface area contributed by atoms with Crippen molar-refractivity contribution in [1.82, 2.24) is 0 Å². The number of carbonyl (C=O) groups is 1. The summed E-state index contributed by atoms with van der Waals surface area (Å²) in [5.74, 6) is 0.942. The fourth-order valence-electron chi connectivity index (χ4n) is 5.11. The number of ether oxygens (including phenoxy) is 2. The fraction of sp³-hybridized carbons (Fsp3) is 0.833. The molecule has 22 heavy (non-hydrogen) atoms. The van der Waals surface area contributed by atoms with E-state index in [1.165, 1.54) is 6.42 Å². The summed E-state index contributed by atoms with van der Waals surface area (Å²) < 4.78 is 12.1. The maximum atomic E-state index is 12.0. The standard InChI is InChI=1S/C18H28O4/c1-12(2)16(20)22-18-9-14-6-15(10-18)8-17(7-14,11-18)21-5-4-13(3)19/h13-15,19H,1,4-11H2,2-3H3. The van der Waals surface area contributed by atoms with Crippen LogP contribution in [0.4, 0.5) is 0 Å². The van der Waals surface area contributed by atoms with E-state index < -0.39 is 0 Å². The topological polar surface area (TPSA) is 55.8 Å². The van der Waals surface area contributed by atoms with Gasteiger partial charge in [0.15, 0.2) is 0 Å². The molecular formula is C18H28O4. The zero-order valence-electron chi connectivity index (χ0n) is 13.8. The van der Waals surface area contributed by atoms with E-state index in [4.69, 9.17) is 9.47 Å². The van der Waals surface area contributed by atoms with E-state index in [9.17, 15) is 9.90 Å². The lowest BCUT2D eigenvalue weighted by Crippen LogP contribution is -2.61. The first-order valence-electron chi connectivity index (χ1n) is 8.52. The third-order valence-corrected chi connectivity index (χ3v) is 5.56. The normalized spacial score (nSPS) is 40.5. The Morgan fingerprint density at radius 1 is 1.27 bits per heavy atom. The molecule has 0 spiro atoms. The Morgan fingerprint density at radius 2 is 1.86 bits per heavy atom. The molecule has 4 rings (SSSR count). The molecule has 4 aliphatic carbocycles. The second-order valence-corrected chi connectivity index (χ2v) is 7.98. The van der Waals surface area contributed by atoms with Crippen molar-refractivity contribution in [2.45, 2.75) is 76.1 Å². The minimum Gasteiger partial charge on any atom is -0.456 e. The van der Waals surface area contributed by atoms with Crippen molar-refractivity contribution >= 4 is 5.97 Å². The Bertz CT molecular complexity index is 454. The Morgan fingerprint density at radius 3 is 2.41 bits per heavy atom. The van der Waals surface area contributed by atoms with Crippen LogP contribution in [-0.2, 0) is 14.3 Å². The van der Waals surface area contributed by atoms with Gasteiger partial charge in [0.2, 0.25) is 0 Å². The summed E-state index contributed by atoms with van der Waals surface area (Å²) in [6.07, 6.45) is 6.50. The Labute approximate surface area is 132 Å². The second-order valence-electron chi connectivity index (χ2n) is 7.98. The monoisotopic (exact) mass is 308 g/mol. The molecule has 1 N–H and O–H groups in total. The van der Waals surface area contributed by atoms with E-state index in [0.29, 0.717) is 30.4 Å². The molecule has 0 aromatic carbocycles. The van der Waals surface area contributed by atoms with Crippen LogP contribution in [0.15, 0.2) is 12.2 Å². The molecule has 4 nitrogen and oxygen atoms in total. The van der Waals surface area contributed by atoms with Gasteiger partial charge in [-0.3, -0.25) is 0 Å². The number of hydrogen-bond acceptors (Lipinski definition) is 4. The third-order valence-electron chi connectivity index (χ3n) is 5.56. The van der Waals surface area contributed by atoms with E-state index in [1.54, 1.807) is 13.8 Å². The molecule has 4 bridgehead atoms. The van der Waals surface area contributed by atoms with Crippen LogP contribution in [0, 0.1) is 11.8 Å². The molecule has 0 aliphatic heterocycles. The largest absolute Gasteiger partial charge is 0.456 e. The van der Waals surface area contributed by atoms with Crippen molar-refractivity contribution in [2.75, 3.05) is 6.61 Å². The smallest absolute Gasteiger partial charge is 0.333 e. The zero-order chi connectivity index (χ0) is 16.0. The van der Waals surface area contributed by atoms with E-state index >= 15 is 0 Å². The van der Waals surface area contributed by atoms with Gasteiger partial charge in [-0.15, -0.1) is 0 Å². The van der Waals surface area contributed by atoms with Crippen molar-refractivity contribution in [3.63, 3.8) is 0 Å². The van der Waals surface area contributed by atoms with Gasteiger partial charge < -0.3 is 14.6 Å². The van der Waals surface area contributed by atoms with Gasteiger partial charge in [0.1, 0.15) is 5.60 Å². The minimum absolute atomic E-state index is 0.145. The summed E-state index contributed by atoms with van der Waals surface area (Å²) in [5.41, 5.74) is -0.0148. The number of hydrogen-bond donors (Lipinski definition) is 1. The molecule has 4 saturated carbocycles. The maximum Gasteiger partial charge on any atom is 0.333 e. The molecule has 124 valence electrons. The highest BCUT2D eigenvalue weighted by Crippen LogP contribution is 2.60. The molecule has 0 amide bonds. The highest BCUT2D eigenvalue weighted by atomic mass is 16.6. The second kappa shape index (κ2) is 5.64. The number of rotatable bonds is 6. The summed E-state index contributed by atoms with van der Waals surface area (Å²) in [6, 6.07) is 0. The van der Waals surface area contributed by atoms with Crippen molar-refractivity contribution in [3.8, 4) is 0 Å². The molecule has 4 aliphatic rings. The van der Waals surface area contributed by atoms with E-state index in [-0.39, 0.29) is 23.3 Å². The van der Waals surface area contributed by atoms with Crippen LogP contribution >= 0.6 is 0 Å². The van der Waals surface area contributed by atoms with Crippen molar-refractivity contribution in [3.05, 3.63) is 12.2 Å². The van der Waals surface area contributed by atoms with Gasteiger partial charge in [-0.05, 0) is 64.2 Å². The number of carbonyl (C=O) groups excluding carboxylic acids is 1. The lowest BCUT2D eigenvalue weighted by atomic mass is 9.52. The molecule has 0 radical (unpaired) electrons. The van der Waals surface area contributed by atoms with Crippen LogP contribution in [-0.4, -0.2) is 35.0 Å². The fourth-order valence-corrected chi connectivity index (χ4v) is 5.11. The van der Waals surface area contributed by atoms with E-state index in [2.05, 4.69) is 6.58 Å². The predicted octanol–water partition coefficient (Wildman–Crippen LogP) is 2.98. The average Bonchev–Trinajstić information content (AvgIpc) is 2.35. The Hall–Kier alpha value is -0.870. The number of aliphatic hydroxyl groups excluding tert-OH is 1. The zero-order valence-corrected chi connectivity index (χ0v) is 13.8. The van der Waals surface area contributed by atoms with E-state index in [0.717, 1.165) is 32.1 Å². The summed E-state index contributed by atoms with van der Waals surface area (Å²) in [5, 5.41) is 9.44. The molecule has 4 fully saturated rings. The summed E-state index contributed by atoms with van der Waals surface area (Å²) in [7, 11) is 0. The lowest BCUT2D eigenvalue weighted by Gasteiger charge is -2.60. The molecule has 4 heteroatoms. The molecule has 0 aromatic rings. The first-order chi connectivity index (χ1) is 10.3. The summed E-state index contributed by atoms with van der Waals surface area (Å²) in [4.78, 5) is 12.0. The highest BCUT2D eigenvalue weighted by Gasteiger charge is 2.60. The molecule has 0 aromatic heterocycles. The first-order valence-corrected chi connectivity index (χ1v) is 8.52. The summed E-state index contributed by atoms with van der Waals surface area (Å²) >= 11 is 0. The van der Waals surface area contributed by atoms with Crippen LogP contribution in [0.1, 0.15) is 58.8 Å². The maximum absolute atomic E-state index is 12.0. The van der Waals surface area contributed by atoms with Gasteiger partial charge in [0.25, 0.3) is 0 Å². The predicted molar refractivity (Wildman–Crippen MR) is 83.3 cm³/mol. The van der Waals surface area contributed by atoms with Crippen molar-refractivity contribution in [2.24, 2.45) is 11.8 Å². The first kappa shape index (κ1) is 16.0. The average molecular weight is 308 g/mol. The lowest BCUT2D eigenvalue weighted by molar-refractivity contribution is -0.232. The SMILES string of the molecule is C=C(C)C(=O)OC12CC3CC(CC(OCCC(C)O)(C3)C1)C2. The van der Waals surface area contributed by atoms with Crippen LogP contribution in [0.2, 0.25) is 0 Å². The minimum atomic E-state index is -0.342. The molecule has 0 saturated heterocycles. The Balaban J connectivity index is 1.72. The van der Waals surface area contributed by atoms with Crippen molar-refractivity contribution < 1.29 is 19.4 Å². The van der Waals surface area contributed by atoms with E-state index in [1.807, 2.05) is 0 Å². The Kier molecular flexibility index (Phi) is 4.11. The third kappa shape index (κ3) is 3.09. The summed E-state index contributed by atoms with van der Waals surface area (Å²) in [6.45, 7) is 7.79. The van der Waals surface area contributed by atoms with Gasteiger partial charge >= 0.3 is 5.97 Å². The van der Waals surface area contributed by atoms with Crippen LogP contribution in [0.5, 0.6) is 0 Å².